The summed E-state index contributed by atoms with van der Waals surface area (Å²) < 4.78 is 6.62. The van der Waals surface area contributed by atoms with Crippen LogP contribution < -0.4 is 15.0 Å². The maximum atomic E-state index is 12.0. The van der Waals surface area contributed by atoms with Crippen LogP contribution in [0.25, 0.3) is 0 Å². The first-order chi connectivity index (χ1) is 12.1. The second-order valence-electron chi connectivity index (χ2n) is 5.68. The largest absolute Gasteiger partial charge is 0.494 e. The van der Waals surface area contributed by atoms with Gasteiger partial charge in [-0.3, -0.25) is 4.79 Å². The molecule has 2 aromatic carbocycles. The number of hydrogen-bond acceptors (Lipinski definition) is 3. The molecule has 0 saturated heterocycles. The summed E-state index contributed by atoms with van der Waals surface area (Å²) in [6.45, 7) is 6.73. The zero-order valence-electron chi connectivity index (χ0n) is 14.8. The zero-order valence-corrected chi connectivity index (χ0v) is 16.4. The Morgan fingerprint density at radius 3 is 2.48 bits per heavy atom. The first-order valence-electron chi connectivity index (χ1n) is 8.65. The fourth-order valence-electron chi connectivity index (χ4n) is 2.55. The Bertz CT molecular complexity index is 670. The average molecular weight is 405 g/mol. The highest BCUT2D eigenvalue weighted by molar-refractivity contribution is 9.10. The van der Waals surface area contributed by atoms with Gasteiger partial charge in [0.05, 0.1) is 6.61 Å². The van der Waals surface area contributed by atoms with Crippen LogP contribution in [0.5, 0.6) is 5.75 Å². The molecule has 2 rings (SSSR count). The fraction of sp³-hybridized carbons (Fsp3) is 0.350. The highest BCUT2D eigenvalue weighted by Gasteiger charge is 2.05. The number of nitrogens with zero attached hydrogens (tertiary/aromatic N) is 1. The molecule has 5 heteroatoms. The molecule has 0 bridgehead atoms. The third-order valence-electron chi connectivity index (χ3n) is 3.89. The van der Waals surface area contributed by atoms with Crippen molar-refractivity contribution in [3.63, 3.8) is 0 Å². The standard InChI is InChI=1S/C20H25BrN2O2/c1-3-23(4-2)18-12-10-17(11-13-18)22-20(24)9-6-14-25-19-8-5-7-16(21)15-19/h5,7-8,10-13,15H,3-4,6,9,14H2,1-2H3,(H,22,24). The lowest BCUT2D eigenvalue weighted by atomic mass is 10.2. The first-order valence-corrected chi connectivity index (χ1v) is 9.45. The van der Waals surface area contributed by atoms with Gasteiger partial charge in [0.25, 0.3) is 0 Å². The summed E-state index contributed by atoms with van der Waals surface area (Å²) in [6.07, 6.45) is 1.11. The molecule has 1 amide bonds. The Morgan fingerprint density at radius 1 is 1.12 bits per heavy atom. The van der Waals surface area contributed by atoms with Gasteiger partial charge in [-0.2, -0.15) is 0 Å². The van der Waals surface area contributed by atoms with E-state index >= 15 is 0 Å². The number of hydrogen-bond donors (Lipinski definition) is 1. The van der Waals surface area contributed by atoms with Crippen molar-refractivity contribution in [2.75, 3.05) is 29.9 Å². The summed E-state index contributed by atoms with van der Waals surface area (Å²) in [4.78, 5) is 14.3. The molecule has 134 valence electrons. The molecule has 0 atom stereocenters. The predicted molar refractivity (Wildman–Crippen MR) is 108 cm³/mol. The minimum absolute atomic E-state index is 0.00781. The molecular weight excluding hydrogens is 380 g/mol. The highest BCUT2D eigenvalue weighted by Crippen LogP contribution is 2.19. The molecule has 0 radical (unpaired) electrons. The number of amides is 1. The maximum Gasteiger partial charge on any atom is 0.224 e. The van der Waals surface area contributed by atoms with Crippen LogP contribution in [-0.2, 0) is 4.79 Å². The summed E-state index contributed by atoms with van der Waals surface area (Å²) in [5.74, 6) is 0.815. The molecule has 4 nitrogen and oxygen atoms in total. The van der Waals surface area contributed by atoms with Gasteiger partial charge in [0.2, 0.25) is 5.91 Å². The van der Waals surface area contributed by atoms with Crippen LogP contribution in [0.3, 0.4) is 0 Å². The number of anilines is 2. The molecule has 0 spiro atoms. The second kappa shape index (κ2) is 10.1. The van der Waals surface area contributed by atoms with Crippen molar-refractivity contribution in [1.29, 1.82) is 0 Å². The van der Waals surface area contributed by atoms with Gasteiger partial charge >= 0.3 is 0 Å². The number of carbonyl (C=O) groups excluding carboxylic acids is 1. The van der Waals surface area contributed by atoms with E-state index < -0.39 is 0 Å². The topological polar surface area (TPSA) is 41.6 Å². The molecule has 1 N–H and O–H groups in total. The lowest BCUT2D eigenvalue weighted by Crippen LogP contribution is -2.21. The molecule has 0 aliphatic heterocycles. The molecule has 2 aromatic rings. The van der Waals surface area contributed by atoms with E-state index in [1.165, 1.54) is 5.69 Å². The number of halogens is 1. The summed E-state index contributed by atoms with van der Waals surface area (Å²) in [6, 6.07) is 15.7. The third-order valence-corrected chi connectivity index (χ3v) is 4.39. The third kappa shape index (κ3) is 6.42. The lowest BCUT2D eigenvalue weighted by molar-refractivity contribution is -0.116. The van der Waals surface area contributed by atoms with Gasteiger partial charge in [0, 0.05) is 35.4 Å². The van der Waals surface area contributed by atoms with E-state index in [0.29, 0.717) is 19.4 Å². The number of nitrogens with one attached hydrogen (secondary N) is 1. The molecule has 0 saturated carbocycles. The van der Waals surface area contributed by atoms with E-state index in [0.717, 1.165) is 29.0 Å². The predicted octanol–water partition coefficient (Wildman–Crippen LogP) is 5.09. The average Bonchev–Trinajstić information content (AvgIpc) is 2.61. The van der Waals surface area contributed by atoms with Crippen molar-refractivity contribution in [1.82, 2.24) is 0 Å². The Kier molecular flexibility index (Phi) is 7.79. The molecule has 0 heterocycles. The van der Waals surface area contributed by atoms with Gasteiger partial charge in [-0.1, -0.05) is 22.0 Å². The second-order valence-corrected chi connectivity index (χ2v) is 6.59. The normalized spacial score (nSPS) is 10.4. The van der Waals surface area contributed by atoms with E-state index in [4.69, 9.17) is 4.74 Å². The van der Waals surface area contributed by atoms with Gasteiger partial charge in [-0.05, 0) is 62.7 Å². The highest BCUT2D eigenvalue weighted by atomic mass is 79.9. The summed E-state index contributed by atoms with van der Waals surface area (Å²) in [5.41, 5.74) is 2.00. The molecular formula is C20H25BrN2O2. The van der Waals surface area contributed by atoms with Crippen molar-refractivity contribution in [2.24, 2.45) is 0 Å². The maximum absolute atomic E-state index is 12.0. The van der Waals surface area contributed by atoms with Crippen molar-refractivity contribution in [3.8, 4) is 5.75 Å². The number of ether oxygens (including phenoxy) is 1. The molecule has 0 aromatic heterocycles. The fourth-order valence-corrected chi connectivity index (χ4v) is 2.93. The number of benzene rings is 2. The Hall–Kier alpha value is -2.01. The Morgan fingerprint density at radius 2 is 1.84 bits per heavy atom. The minimum atomic E-state index is 0.00781. The van der Waals surface area contributed by atoms with Gasteiger partial charge in [-0.25, -0.2) is 0 Å². The van der Waals surface area contributed by atoms with Gasteiger partial charge in [0.1, 0.15) is 5.75 Å². The van der Waals surface area contributed by atoms with Crippen molar-refractivity contribution < 1.29 is 9.53 Å². The van der Waals surface area contributed by atoms with Crippen LogP contribution >= 0.6 is 15.9 Å². The van der Waals surface area contributed by atoms with E-state index in [2.05, 4.69) is 40.0 Å². The molecule has 0 unspecified atom stereocenters. The van der Waals surface area contributed by atoms with Crippen LogP contribution in [0.2, 0.25) is 0 Å². The van der Waals surface area contributed by atoms with Gasteiger partial charge < -0.3 is 15.0 Å². The van der Waals surface area contributed by atoms with Crippen molar-refractivity contribution in [3.05, 3.63) is 53.0 Å². The van der Waals surface area contributed by atoms with E-state index in [9.17, 15) is 4.79 Å². The summed E-state index contributed by atoms with van der Waals surface area (Å²) >= 11 is 3.41. The van der Waals surface area contributed by atoms with Crippen molar-refractivity contribution >= 4 is 33.2 Å². The monoisotopic (exact) mass is 404 g/mol. The van der Waals surface area contributed by atoms with Crippen molar-refractivity contribution in [2.45, 2.75) is 26.7 Å². The summed E-state index contributed by atoms with van der Waals surface area (Å²) in [5, 5.41) is 2.93. The van der Waals surface area contributed by atoms with Crippen LogP contribution in [0, 0.1) is 0 Å². The van der Waals surface area contributed by atoms with Gasteiger partial charge in [0.15, 0.2) is 0 Å². The van der Waals surface area contributed by atoms with E-state index in [1.807, 2.05) is 48.5 Å². The first kappa shape index (κ1) is 19.3. The van der Waals surface area contributed by atoms with Crippen LogP contribution in [0.4, 0.5) is 11.4 Å². The van der Waals surface area contributed by atoms with Crippen LogP contribution in [0.1, 0.15) is 26.7 Å². The Labute approximate surface area is 158 Å². The van der Waals surface area contributed by atoms with Crippen LogP contribution in [-0.4, -0.2) is 25.6 Å². The zero-order chi connectivity index (χ0) is 18.1. The molecule has 0 aliphatic carbocycles. The molecule has 25 heavy (non-hydrogen) atoms. The van der Waals surface area contributed by atoms with E-state index in [1.54, 1.807) is 0 Å². The van der Waals surface area contributed by atoms with Crippen LogP contribution in [0.15, 0.2) is 53.0 Å². The SMILES string of the molecule is CCN(CC)c1ccc(NC(=O)CCCOc2cccc(Br)c2)cc1. The number of rotatable bonds is 9. The smallest absolute Gasteiger partial charge is 0.224 e. The van der Waals surface area contributed by atoms with E-state index in [-0.39, 0.29) is 5.91 Å². The molecule has 0 aliphatic rings. The quantitative estimate of drug-likeness (QED) is 0.591. The Balaban J connectivity index is 1.73. The van der Waals surface area contributed by atoms with Gasteiger partial charge in [-0.15, -0.1) is 0 Å². The summed E-state index contributed by atoms with van der Waals surface area (Å²) in [7, 11) is 0. The lowest BCUT2D eigenvalue weighted by Gasteiger charge is -2.21. The number of carbonyl (C=O) groups is 1. The minimum Gasteiger partial charge on any atom is -0.494 e. The molecule has 0 fully saturated rings.